The Balaban J connectivity index is 2.86. The van der Waals surface area contributed by atoms with Crippen molar-refractivity contribution in [3.8, 4) is 5.75 Å². The first kappa shape index (κ1) is 9.55. The van der Waals surface area contributed by atoms with Gasteiger partial charge in [-0.3, -0.25) is 0 Å². The van der Waals surface area contributed by atoms with Crippen LogP contribution in [0, 0.1) is 0 Å². The van der Waals surface area contributed by atoms with Crippen LogP contribution < -0.4 is 4.74 Å². The van der Waals surface area contributed by atoms with Gasteiger partial charge in [0.2, 0.25) is 0 Å². The zero-order chi connectivity index (χ0) is 8.97. The summed E-state index contributed by atoms with van der Waals surface area (Å²) in [7, 11) is 1.63. The highest BCUT2D eigenvalue weighted by Gasteiger charge is 1.99. The van der Waals surface area contributed by atoms with Gasteiger partial charge < -0.3 is 9.84 Å². The largest absolute Gasteiger partial charge is 0.496 e. The molecule has 0 saturated heterocycles. The predicted molar refractivity (Wildman–Crippen MR) is 51.5 cm³/mol. The summed E-state index contributed by atoms with van der Waals surface area (Å²) < 4.78 is 6.00. The van der Waals surface area contributed by atoms with E-state index in [0.717, 1.165) is 15.8 Å². The van der Waals surface area contributed by atoms with Crippen molar-refractivity contribution < 1.29 is 9.84 Å². The van der Waals surface area contributed by atoms with Gasteiger partial charge in [-0.05, 0) is 40.0 Å². The third-order valence-corrected chi connectivity index (χ3v) is 2.24. The first-order valence-corrected chi connectivity index (χ1v) is 4.50. The molecule has 1 rings (SSSR count). The van der Waals surface area contributed by atoms with E-state index in [2.05, 4.69) is 15.9 Å². The van der Waals surface area contributed by atoms with Crippen molar-refractivity contribution in [3.05, 3.63) is 28.2 Å². The fourth-order valence-corrected chi connectivity index (χ4v) is 1.58. The highest BCUT2D eigenvalue weighted by molar-refractivity contribution is 9.10. The molecule has 66 valence electrons. The standard InChI is InChI=1S/C9H11BrO2/c1-12-9-3-2-7(4-5-11)6-8(9)10/h2-3,6,11H,4-5H2,1H3. The maximum atomic E-state index is 8.69. The third kappa shape index (κ3) is 2.22. The second-order valence-electron chi connectivity index (χ2n) is 2.44. The van der Waals surface area contributed by atoms with Gasteiger partial charge in [0.15, 0.2) is 0 Å². The lowest BCUT2D eigenvalue weighted by Crippen LogP contribution is -1.91. The summed E-state index contributed by atoms with van der Waals surface area (Å²) in [6, 6.07) is 5.78. The molecule has 0 radical (unpaired) electrons. The fourth-order valence-electron chi connectivity index (χ4n) is 0.994. The fraction of sp³-hybridized carbons (Fsp3) is 0.333. The summed E-state index contributed by atoms with van der Waals surface area (Å²) in [6.45, 7) is 0.179. The van der Waals surface area contributed by atoms with Gasteiger partial charge in [-0.15, -0.1) is 0 Å². The molecule has 0 fully saturated rings. The number of aliphatic hydroxyl groups is 1. The molecule has 0 aromatic heterocycles. The first-order chi connectivity index (χ1) is 5.77. The number of ether oxygens (including phenoxy) is 1. The minimum absolute atomic E-state index is 0.179. The van der Waals surface area contributed by atoms with Crippen molar-refractivity contribution in [3.63, 3.8) is 0 Å². The van der Waals surface area contributed by atoms with E-state index in [4.69, 9.17) is 9.84 Å². The van der Waals surface area contributed by atoms with Crippen LogP contribution in [0.25, 0.3) is 0 Å². The molecule has 2 nitrogen and oxygen atoms in total. The zero-order valence-electron chi connectivity index (χ0n) is 6.88. The van der Waals surface area contributed by atoms with Crippen LogP contribution in [0.4, 0.5) is 0 Å². The minimum Gasteiger partial charge on any atom is -0.496 e. The zero-order valence-corrected chi connectivity index (χ0v) is 8.47. The molecule has 0 amide bonds. The molecular weight excluding hydrogens is 220 g/mol. The number of aliphatic hydroxyl groups excluding tert-OH is 1. The van der Waals surface area contributed by atoms with Crippen LogP contribution in [-0.4, -0.2) is 18.8 Å². The van der Waals surface area contributed by atoms with Crippen LogP contribution >= 0.6 is 15.9 Å². The van der Waals surface area contributed by atoms with Gasteiger partial charge in [-0.1, -0.05) is 6.07 Å². The second kappa shape index (κ2) is 4.48. The van der Waals surface area contributed by atoms with E-state index in [0.29, 0.717) is 6.42 Å². The summed E-state index contributed by atoms with van der Waals surface area (Å²) in [5.74, 6) is 0.816. The van der Waals surface area contributed by atoms with Gasteiger partial charge in [-0.25, -0.2) is 0 Å². The van der Waals surface area contributed by atoms with E-state index in [1.54, 1.807) is 7.11 Å². The summed E-state index contributed by atoms with van der Waals surface area (Å²) in [4.78, 5) is 0. The smallest absolute Gasteiger partial charge is 0.133 e. The maximum Gasteiger partial charge on any atom is 0.133 e. The summed E-state index contributed by atoms with van der Waals surface area (Å²) >= 11 is 3.37. The molecule has 0 aliphatic carbocycles. The molecule has 3 heteroatoms. The Bertz CT molecular complexity index is 261. The lowest BCUT2D eigenvalue weighted by Gasteiger charge is -2.04. The molecule has 1 aromatic carbocycles. The molecule has 0 heterocycles. The van der Waals surface area contributed by atoms with Crippen LogP contribution in [0.1, 0.15) is 5.56 Å². The predicted octanol–water partition coefficient (Wildman–Crippen LogP) is 1.99. The average Bonchev–Trinajstić information content (AvgIpc) is 2.05. The number of rotatable bonds is 3. The van der Waals surface area contributed by atoms with Gasteiger partial charge in [-0.2, -0.15) is 0 Å². The van der Waals surface area contributed by atoms with Crippen molar-refractivity contribution in [2.75, 3.05) is 13.7 Å². The van der Waals surface area contributed by atoms with Gasteiger partial charge in [0, 0.05) is 6.61 Å². The van der Waals surface area contributed by atoms with Crippen LogP contribution in [0.2, 0.25) is 0 Å². The second-order valence-corrected chi connectivity index (χ2v) is 3.30. The van der Waals surface area contributed by atoms with E-state index < -0.39 is 0 Å². The Kier molecular flexibility index (Phi) is 3.56. The SMILES string of the molecule is COc1ccc(CCO)cc1Br. The van der Waals surface area contributed by atoms with Gasteiger partial charge in [0.05, 0.1) is 11.6 Å². The van der Waals surface area contributed by atoms with Crippen LogP contribution in [-0.2, 0) is 6.42 Å². The molecule has 0 spiro atoms. The first-order valence-electron chi connectivity index (χ1n) is 3.71. The summed E-state index contributed by atoms with van der Waals surface area (Å²) in [5, 5.41) is 8.69. The van der Waals surface area contributed by atoms with E-state index in [1.807, 2.05) is 18.2 Å². The monoisotopic (exact) mass is 230 g/mol. The Morgan fingerprint density at radius 3 is 2.75 bits per heavy atom. The number of methoxy groups -OCH3 is 1. The molecule has 0 unspecified atom stereocenters. The Hall–Kier alpha value is -0.540. The minimum atomic E-state index is 0.179. The molecule has 0 saturated carbocycles. The van der Waals surface area contributed by atoms with Crippen molar-refractivity contribution in [1.82, 2.24) is 0 Å². The van der Waals surface area contributed by atoms with Gasteiger partial charge in [0.1, 0.15) is 5.75 Å². The molecule has 12 heavy (non-hydrogen) atoms. The topological polar surface area (TPSA) is 29.5 Å². The highest BCUT2D eigenvalue weighted by Crippen LogP contribution is 2.25. The molecule has 1 aromatic rings. The lowest BCUT2D eigenvalue weighted by molar-refractivity contribution is 0.299. The summed E-state index contributed by atoms with van der Waals surface area (Å²) in [5.41, 5.74) is 1.10. The van der Waals surface area contributed by atoms with Crippen molar-refractivity contribution >= 4 is 15.9 Å². The van der Waals surface area contributed by atoms with E-state index in [-0.39, 0.29) is 6.61 Å². The van der Waals surface area contributed by atoms with Crippen LogP contribution in [0.5, 0.6) is 5.75 Å². The average molecular weight is 231 g/mol. The molecular formula is C9H11BrO2. The Labute approximate surface area is 80.3 Å². The molecule has 1 N–H and O–H groups in total. The molecule has 0 bridgehead atoms. The maximum absolute atomic E-state index is 8.69. The highest BCUT2D eigenvalue weighted by atomic mass is 79.9. The van der Waals surface area contributed by atoms with Gasteiger partial charge >= 0.3 is 0 Å². The number of hydrogen-bond donors (Lipinski definition) is 1. The van der Waals surface area contributed by atoms with Crippen molar-refractivity contribution in [1.29, 1.82) is 0 Å². The van der Waals surface area contributed by atoms with Crippen molar-refractivity contribution in [2.24, 2.45) is 0 Å². The molecule has 0 atom stereocenters. The summed E-state index contributed by atoms with van der Waals surface area (Å²) in [6.07, 6.45) is 0.683. The van der Waals surface area contributed by atoms with E-state index in [1.165, 1.54) is 0 Å². The van der Waals surface area contributed by atoms with Crippen LogP contribution in [0.3, 0.4) is 0 Å². The molecule has 0 aliphatic rings. The number of hydrogen-bond acceptors (Lipinski definition) is 2. The Morgan fingerprint density at radius 1 is 1.50 bits per heavy atom. The quantitative estimate of drug-likeness (QED) is 0.861. The van der Waals surface area contributed by atoms with Gasteiger partial charge in [0.25, 0.3) is 0 Å². The van der Waals surface area contributed by atoms with Crippen LogP contribution in [0.15, 0.2) is 22.7 Å². The number of benzene rings is 1. The normalized spacial score (nSPS) is 9.92. The van der Waals surface area contributed by atoms with Crippen molar-refractivity contribution in [2.45, 2.75) is 6.42 Å². The molecule has 0 aliphatic heterocycles. The third-order valence-electron chi connectivity index (χ3n) is 1.62. The van der Waals surface area contributed by atoms with E-state index >= 15 is 0 Å². The van der Waals surface area contributed by atoms with E-state index in [9.17, 15) is 0 Å². The lowest BCUT2D eigenvalue weighted by atomic mass is 10.1. The number of halogens is 1. The Morgan fingerprint density at radius 2 is 2.25 bits per heavy atom.